The Kier molecular flexibility index (Phi) is 3.05. The van der Waals surface area contributed by atoms with Crippen LogP contribution in [0.1, 0.15) is 26.3 Å². The van der Waals surface area contributed by atoms with Crippen LogP contribution in [0.2, 0.25) is 0 Å². The Hall–Kier alpha value is -2.36. The van der Waals surface area contributed by atoms with Crippen LogP contribution in [0.15, 0.2) is 42.7 Å². The highest BCUT2D eigenvalue weighted by molar-refractivity contribution is 6.12. The van der Waals surface area contributed by atoms with Crippen LogP contribution in [-0.4, -0.2) is 17.1 Å². The predicted molar refractivity (Wildman–Crippen MR) is 59.5 cm³/mol. The fourth-order valence-corrected chi connectivity index (χ4v) is 1.53. The van der Waals surface area contributed by atoms with Crippen LogP contribution in [0.5, 0.6) is 0 Å². The van der Waals surface area contributed by atoms with Gasteiger partial charge in [0.25, 0.3) is 0 Å². The molecule has 0 aliphatic heterocycles. The van der Waals surface area contributed by atoms with Gasteiger partial charge >= 0.3 is 0 Å². The minimum atomic E-state index is -0.698. The Morgan fingerprint density at radius 1 is 1.18 bits per heavy atom. The molecule has 2 rings (SSSR count). The molecule has 17 heavy (non-hydrogen) atoms. The third kappa shape index (κ3) is 2.10. The number of aromatic nitrogens is 1. The maximum absolute atomic E-state index is 13.6. The van der Waals surface area contributed by atoms with Crippen molar-refractivity contribution in [2.24, 2.45) is 0 Å². The number of halogens is 1. The minimum Gasteiger partial charge on any atom is -0.298 e. The number of hydrogen-bond donors (Lipinski definition) is 0. The minimum absolute atomic E-state index is 0.0480. The molecule has 0 spiro atoms. The van der Waals surface area contributed by atoms with Crippen molar-refractivity contribution < 1.29 is 14.0 Å². The van der Waals surface area contributed by atoms with Crippen molar-refractivity contribution in [2.75, 3.05) is 0 Å². The molecule has 0 aliphatic rings. The molecule has 0 saturated carbocycles. The van der Waals surface area contributed by atoms with Gasteiger partial charge in [0.2, 0.25) is 0 Å². The number of carbonyl (C=O) groups is 2. The Balaban J connectivity index is 2.55. The van der Waals surface area contributed by atoms with Crippen LogP contribution >= 0.6 is 0 Å². The van der Waals surface area contributed by atoms with Crippen molar-refractivity contribution in [3.63, 3.8) is 0 Å². The van der Waals surface area contributed by atoms with E-state index in [0.717, 1.165) is 6.07 Å². The molecule has 4 heteroatoms. The summed E-state index contributed by atoms with van der Waals surface area (Å²) >= 11 is 0. The maximum atomic E-state index is 13.6. The molecule has 0 atom stereocenters. The zero-order valence-corrected chi connectivity index (χ0v) is 8.76. The Labute approximate surface area is 96.9 Å². The second-order valence-electron chi connectivity index (χ2n) is 3.39. The highest BCUT2D eigenvalue weighted by Crippen LogP contribution is 2.16. The summed E-state index contributed by atoms with van der Waals surface area (Å²) in [6.45, 7) is 0. The van der Waals surface area contributed by atoms with Gasteiger partial charge in [-0.25, -0.2) is 4.39 Å². The second-order valence-corrected chi connectivity index (χ2v) is 3.39. The number of nitrogens with zero attached hydrogens (tertiary/aromatic N) is 1. The van der Waals surface area contributed by atoms with Gasteiger partial charge in [0.15, 0.2) is 12.1 Å². The van der Waals surface area contributed by atoms with E-state index in [1.807, 2.05) is 0 Å². The van der Waals surface area contributed by atoms with Gasteiger partial charge in [-0.05, 0) is 18.2 Å². The summed E-state index contributed by atoms with van der Waals surface area (Å²) in [7, 11) is 0. The molecule has 0 radical (unpaired) electrons. The van der Waals surface area contributed by atoms with E-state index in [9.17, 15) is 14.0 Å². The van der Waals surface area contributed by atoms with Gasteiger partial charge < -0.3 is 0 Å². The number of hydrogen-bond acceptors (Lipinski definition) is 3. The molecule has 0 N–H and O–H groups in total. The molecular formula is C13H8FNO2. The summed E-state index contributed by atoms with van der Waals surface area (Å²) < 4.78 is 13.6. The summed E-state index contributed by atoms with van der Waals surface area (Å²) in [5.41, 5.74) is 0.147. The topological polar surface area (TPSA) is 47.0 Å². The molecule has 0 fully saturated rings. The SMILES string of the molecule is O=Cc1cccc(F)c1C(=O)c1ccncc1. The monoisotopic (exact) mass is 229 g/mol. The third-order valence-electron chi connectivity index (χ3n) is 2.34. The molecule has 0 aliphatic carbocycles. The van der Waals surface area contributed by atoms with Gasteiger partial charge in [-0.15, -0.1) is 0 Å². The number of ketones is 1. The maximum Gasteiger partial charge on any atom is 0.196 e. The molecule has 3 nitrogen and oxygen atoms in total. The molecule has 2 aromatic rings. The molecule has 0 unspecified atom stereocenters. The van der Waals surface area contributed by atoms with Gasteiger partial charge in [0, 0.05) is 23.5 Å². The highest BCUT2D eigenvalue weighted by atomic mass is 19.1. The van der Waals surface area contributed by atoms with Crippen LogP contribution < -0.4 is 0 Å². The Morgan fingerprint density at radius 3 is 2.53 bits per heavy atom. The Bertz CT molecular complexity index is 567. The van der Waals surface area contributed by atoms with E-state index in [1.54, 1.807) is 0 Å². The van der Waals surface area contributed by atoms with E-state index in [1.165, 1.54) is 36.7 Å². The number of benzene rings is 1. The lowest BCUT2D eigenvalue weighted by Gasteiger charge is -2.04. The van der Waals surface area contributed by atoms with E-state index >= 15 is 0 Å². The van der Waals surface area contributed by atoms with Crippen molar-refractivity contribution in [2.45, 2.75) is 0 Å². The molecule has 0 saturated heterocycles. The molecule has 1 aromatic heterocycles. The van der Waals surface area contributed by atoms with Gasteiger partial charge in [0.1, 0.15) is 5.82 Å². The fourth-order valence-electron chi connectivity index (χ4n) is 1.53. The van der Waals surface area contributed by atoms with E-state index in [4.69, 9.17) is 0 Å². The van der Waals surface area contributed by atoms with Crippen molar-refractivity contribution >= 4 is 12.1 Å². The van der Waals surface area contributed by atoms with Crippen molar-refractivity contribution in [1.29, 1.82) is 0 Å². The van der Waals surface area contributed by atoms with Crippen LogP contribution in [0.4, 0.5) is 4.39 Å². The number of rotatable bonds is 3. The quantitative estimate of drug-likeness (QED) is 0.599. The summed E-state index contributed by atoms with van der Waals surface area (Å²) in [6, 6.07) is 6.90. The first-order chi connectivity index (χ1) is 8.24. The van der Waals surface area contributed by atoms with Gasteiger partial charge in [0.05, 0.1) is 5.56 Å². The lowest BCUT2D eigenvalue weighted by Crippen LogP contribution is -2.08. The van der Waals surface area contributed by atoms with Crippen molar-refractivity contribution in [3.05, 3.63) is 65.2 Å². The average Bonchev–Trinajstić information content (AvgIpc) is 2.38. The lowest BCUT2D eigenvalue weighted by atomic mass is 9.99. The molecular weight excluding hydrogens is 221 g/mol. The first-order valence-electron chi connectivity index (χ1n) is 4.92. The van der Waals surface area contributed by atoms with Gasteiger partial charge in [-0.1, -0.05) is 12.1 Å². The lowest BCUT2D eigenvalue weighted by molar-refractivity contribution is 0.102. The summed E-state index contributed by atoms with van der Waals surface area (Å²) in [5, 5.41) is 0. The summed E-state index contributed by atoms with van der Waals surface area (Å²) in [4.78, 5) is 26.6. The Morgan fingerprint density at radius 2 is 1.88 bits per heavy atom. The largest absolute Gasteiger partial charge is 0.298 e. The average molecular weight is 229 g/mol. The van der Waals surface area contributed by atoms with E-state index in [0.29, 0.717) is 11.8 Å². The summed E-state index contributed by atoms with van der Waals surface area (Å²) in [6.07, 6.45) is 3.35. The van der Waals surface area contributed by atoms with E-state index in [-0.39, 0.29) is 11.1 Å². The number of carbonyl (C=O) groups excluding carboxylic acids is 2. The molecule has 84 valence electrons. The van der Waals surface area contributed by atoms with Crippen LogP contribution in [0.25, 0.3) is 0 Å². The van der Waals surface area contributed by atoms with Crippen molar-refractivity contribution in [3.8, 4) is 0 Å². The zero-order chi connectivity index (χ0) is 12.3. The number of aldehydes is 1. The van der Waals surface area contributed by atoms with Gasteiger partial charge in [-0.2, -0.15) is 0 Å². The molecule has 1 heterocycles. The van der Waals surface area contributed by atoms with E-state index < -0.39 is 11.6 Å². The third-order valence-corrected chi connectivity index (χ3v) is 2.34. The molecule has 0 bridgehead atoms. The first kappa shape index (κ1) is 11.1. The zero-order valence-electron chi connectivity index (χ0n) is 8.76. The first-order valence-corrected chi connectivity index (χ1v) is 4.92. The van der Waals surface area contributed by atoms with Crippen LogP contribution in [0, 0.1) is 5.82 Å². The molecule has 1 aromatic carbocycles. The van der Waals surface area contributed by atoms with Crippen molar-refractivity contribution in [1.82, 2.24) is 4.98 Å². The van der Waals surface area contributed by atoms with Crippen LogP contribution in [0.3, 0.4) is 0 Å². The fraction of sp³-hybridized carbons (Fsp3) is 0. The molecule has 0 amide bonds. The second kappa shape index (κ2) is 4.65. The predicted octanol–water partition coefficient (Wildman–Crippen LogP) is 2.26. The van der Waals surface area contributed by atoms with Crippen LogP contribution in [-0.2, 0) is 0 Å². The highest BCUT2D eigenvalue weighted by Gasteiger charge is 2.17. The normalized spacial score (nSPS) is 9.94. The van der Waals surface area contributed by atoms with Gasteiger partial charge in [-0.3, -0.25) is 14.6 Å². The van der Waals surface area contributed by atoms with E-state index in [2.05, 4.69) is 4.98 Å². The summed E-state index contributed by atoms with van der Waals surface area (Å²) in [5.74, 6) is -1.22. The smallest absolute Gasteiger partial charge is 0.196 e. The number of pyridine rings is 1. The standard InChI is InChI=1S/C13H8FNO2/c14-11-3-1-2-10(8-16)12(11)13(17)9-4-6-15-7-5-9/h1-8H.